The average molecular weight is 495 g/mol. The van der Waals surface area contributed by atoms with Crippen molar-refractivity contribution in [1.29, 1.82) is 5.26 Å². The number of amides is 1. The summed E-state index contributed by atoms with van der Waals surface area (Å²) in [5.41, 5.74) is 0.558. The van der Waals surface area contributed by atoms with Crippen LogP contribution in [0, 0.1) is 26.9 Å². The number of hydrogen-bond donors (Lipinski definition) is 1. The molecule has 0 aromatic heterocycles. The number of carbonyl (C=O) groups is 2. The molecular formula is C28H22N4O5. The van der Waals surface area contributed by atoms with Crippen LogP contribution < -0.4 is 10.2 Å². The van der Waals surface area contributed by atoms with Gasteiger partial charge in [0, 0.05) is 29.4 Å². The fraction of sp³-hybridized carbons (Fsp3) is 0.179. The topological polar surface area (TPSA) is 126 Å². The monoisotopic (exact) mass is 494 g/mol. The summed E-state index contributed by atoms with van der Waals surface area (Å²) < 4.78 is 5.16. The van der Waals surface area contributed by atoms with Crippen molar-refractivity contribution < 1.29 is 19.2 Å². The van der Waals surface area contributed by atoms with Crippen LogP contribution in [0.25, 0.3) is 6.08 Å². The zero-order chi connectivity index (χ0) is 26.2. The lowest BCUT2D eigenvalue weighted by molar-refractivity contribution is -0.384. The van der Waals surface area contributed by atoms with Crippen LogP contribution in [0.5, 0.6) is 0 Å². The van der Waals surface area contributed by atoms with Gasteiger partial charge in [-0.2, -0.15) is 5.26 Å². The lowest BCUT2D eigenvalue weighted by atomic mass is 9.68. The third-order valence-corrected chi connectivity index (χ3v) is 7.03. The number of rotatable bonds is 5. The van der Waals surface area contributed by atoms with Gasteiger partial charge in [-0.1, -0.05) is 60.7 Å². The molecule has 2 aliphatic rings. The number of non-ortho nitro benzene ring substituents is 1. The van der Waals surface area contributed by atoms with Crippen molar-refractivity contribution >= 4 is 35.0 Å². The Kier molecular flexibility index (Phi) is 5.93. The fourth-order valence-electron chi connectivity index (χ4n) is 5.45. The Balaban J connectivity index is 1.74. The van der Waals surface area contributed by atoms with Gasteiger partial charge in [0.05, 0.1) is 24.1 Å². The second-order valence-electron chi connectivity index (χ2n) is 8.87. The van der Waals surface area contributed by atoms with Crippen LogP contribution in [0.3, 0.4) is 0 Å². The van der Waals surface area contributed by atoms with E-state index in [2.05, 4.69) is 11.4 Å². The second kappa shape index (κ2) is 9.24. The van der Waals surface area contributed by atoms with Gasteiger partial charge in [0.15, 0.2) is 5.41 Å². The number of carbonyl (C=O) groups excluding carboxylic acids is 2. The first-order valence-corrected chi connectivity index (χ1v) is 11.6. The quantitative estimate of drug-likeness (QED) is 0.319. The first-order chi connectivity index (χ1) is 17.9. The van der Waals surface area contributed by atoms with Gasteiger partial charge >= 0.3 is 5.97 Å². The highest BCUT2D eigenvalue weighted by Gasteiger charge is 2.67. The van der Waals surface area contributed by atoms with Crippen LogP contribution in [0.4, 0.5) is 17.1 Å². The van der Waals surface area contributed by atoms with E-state index < -0.39 is 40.2 Å². The molecule has 0 saturated carbocycles. The van der Waals surface area contributed by atoms with Gasteiger partial charge in [-0.05, 0) is 29.3 Å². The largest absolute Gasteiger partial charge is 0.468 e. The first-order valence-electron chi connectivity index (χ1n) is 11.6. The van der Waals surface area contributed by atoms with Crippen molar-refractivity contribution in [3.8, 4) is 6.07 Å². The zero-order valence-electron chi connectivity index (χ0n) is 19.8. The molecule has 2 aliphatic heterocycles. The smallest absolute Gasteiger partial charge is 0.329 e. The molecular weight excluding hydrogens is 472 g/mol. The van der Waals surface area contributed by atoms with Gasteiger partial charge in [-0.3, -0.25) is 19.7 Å². The van der Waals surface area contributed by atoms with Crippen LogP contribution in [0.1, 0.15) is 17.0 Å². The van der Waals surface area contributed by atoms with Crippen molar-refractivity contribution in [2.45, 2.75) is 18.0 Å². The van der Waals surface area contributed by atoms with Gasteiger partial charge in [-0.25, -0.2) is 0 Å². The number of nitro benzene ring substituents is 1. The molecule has 3 aromatic rings. The number of methoxy groups -OCH3 is 1. The van der Waals surface area contributed by atoms with Crippen molar-refractivity contribution in [2.24, 2.45) is 5.41 Å². The predicted molar refractivity (Wildman–Crippen MR) is 137 cm³/mol. The Morgan fingerprint density at radius 2 is 1.73 bits per heavy atom. The third-order valence-electron chi connectivity index (χ3n) is 7.03. The molecule has 1 N–H and O–H groups in total. The molecule has 0 radical (unpaired) electrons. The minimum absolute atomic E-state index is 0.143. The normalized spacial score (nSPS) is 23.4. The highest BCUT2D eigenvalue weighted by molar-refractivity contribution is 6.02. The molecule has 2 heterocycles. The van der Waals surface area contributed by atoms with Crippen molar-refractivity contribution in [3.05, 3.63) is 106 Å². The van der Waals surface area contributed by atoms with Crippen molar-refractivity contribution in [1.82, 2.24) is 0 Å². The van der Waals surface area contributed by atoms with E-state index in [1.807, 2.05) is 36.4 Å². The highest BCUT2D eigenvalue weighted by atomic mass is 16.6. The summed E-state index contributed by atoms with van der Waals surface area (Å²) >= 11 is 0. The number of benzene rings is 3. The number of hydrogen-bond acceptors (Lipinski definition) is 7. The fourth-order valence-corrected chi connectivity index (χ4v) is 5.45. The van der Waals surface area contributed by atoms with Crippen molar-refractivity contribution in [3.63, 3.8) is 0 Å². The zero-order valence-corrected chi connectivity index (χ0v) is 19.8. The van der Waals surface area contributed by atoms with Gasteiger partial charge in [0.2, 0.25) is 5.91 Å². The van der Waals surface area contributed by atoms with Gasteiger partial charge < -0.3 is 15.0 Å². The predicted octanol–water partition coefficient (Wildman–Crippen LogP) is 4.28. The lowest BCUT2D eigenvalue weighted by Gasteiger charge is -2.36. The maximum atomic E-state index is 14.0. The summed E-state index contributed by atoms with van der Waals surface area (Å²) in [6.07, 6.45) is 3.58. The Hall–Kier alpha value is -4.97. The van der Waals surface area contributed by atoms with Gasteiger partial charge in [0.25, 0.3) is 5.69 Å². The first kappa shape index (κ1) is 23.8. The summed E-state index contributed by atoms with van der Waals surface area (Å²) in [5.74, 6) is -2.21. The van der Waals surface area contributed by atoms with Crippen LogP contribution >= 0.6 is 0 Å². The number of nitriles is 1. The number of esters is 1. The van der Waals surface area contributed by atoms with Gasteiger partial charge in [-0.15, -0.1) is 0 Å². The molecule has 1 saturated heterocycles. The molecule has 9 heteroatoms. The number of nitro groups is 1. The molecule has 3 aromatic carbocycles. The Morgan fingerprint density at radius 3 is 2.38 bits per heavy atom. The standard InChI is InChI=1S/C28H22N4O5/c1-37-27(34)28(17-29)23-16-13-18-7-5-6-10-22(18)31(23)25(26(33)30-20-8-3-2-4-9-20)24(28)19-11-14-21(15-12-19)32(35)36/h2-16,23-25H,1H3,(H,30,33)/t23-,24-,25-,28-/m0/s1. The Bertz CT molecular complexity index is 1450. The summed E-state index contributed by atoms with van der Waals surface area (Å²) in [5, 5.41) is 24.8. The minimum Gasteiger partial charge on any atom is -0.468 e. The molecule has 37 heavy (non-hydrogen) atoms. The van der Waals surface area contributed by atoms with E-state index in [0.717, 1.165) is 5.56 Å². The molecule has 4 atom stereocenters. The summed E-state index contributed by atoms with van der Waals surface area (Å²) in [6.45, 7) is 0. The number of anilines is 2. The van der Waals surface area contributed by atoms with E-state index in [1.165, 1.54) is 31.4 Å². The molecule has 5 rings (SSSR count). The lowest BCUT2D eigenvalue weighted by Crippen LogP contribution is -2.47. The second-order valence-corrected chi connectivity index (χ2v) is 8.87. The Labute approximate surface area is 212 Å². The molecule has 1 amide bonds. The van der Waals surface area contributed by atoms with E-state index in [-0.39, 0.29) is 5.69 Å². The maximum absolute atomic E-state index is 14.0. The number of para-hydroxylation sites is 2. The minimum atomic E-state index is -1.81. The van der Waals surface area contributed by atoms with Crippen LogP contribution in [0.15, 0.2) is 84.9 Å². The molecule has 0 unspecified atom stereocenters. The SMILES string of the molecule is COC(=O)[C@@]1(C#N)[C@@H]2C=Cc3ccccc3N2[C@H](C(=O)Nc2ccccc2)[C@@H]1c1ccc([N+](=O)[O-])cc1. The van der Waals surface area contributed by atoms with Gasteiger partial charge in [0.1, 0.15) is 6.04 Å². The van der Waals surface area contributed by atoms with Crippen LogP contribution in [-0.2, 0) is 14.3 Å². The summed E-state index contributed by atoms with van der Waals surface area (Å²) in [6, 6.07) is 22.3. The summed E-state index contributed by atoms with van der Waals surface area (Å²) in [4.78, 5) is 40.0. The highest BCUT2D eigenvalue weighted by Crippen LogP contribution is 2.56. The van der Waals surface area contributed by atoms with E-state index in [9.17, 15) is 25.0 Å². The number of nitrogens with zero attached hydrogens (tertiary/aromatic N) is 3. The number of ether oxygens (including phenoxy) is 1. The number of nitrogens with one attached hydrogen (secondary N) is 1. The molecule has 0 bridgehead atoms. The molecule has 9 nitrogen and oxygen atoms in total. The van der Waals surface area contributed by atoms with Crippen LogP contribution in [0.2, 0.25) is 0 Å². The maximum Gasteiger partial charge on any atom is 0.329 e. The van der Waals surface area contributed by atoms with Crippen molar-refractivity contribution in [2.75, 3.05) is 17.3 Å². The molecule has 0 aliphatic carbocycles. The van der Waals surface area contributed by atoms with E-state index >= 15 is 0 Å². The molecule has 1 fully saturated rings. The van der Waals surface area contributed by atoms with E-state index in [1.54, 1.807) is 35.2 Å². The Morgan fingerprint density at radius 1 is 1.05 bits per heavy atom. The third kappa shape index (κ3) is 3.70. The van der Waals surface area contributed by atoms with E-state index in [0.29, 0.717) is 16.9 Å². The average Bonchev–Trinajstić information content (AvgIpc) is 3.25. The molecule has 0 spiro atoms. The van der Waals surface area contributed by atoms with Crippen LogP contribution in [-0.4, -0.2) is 36.0 Å². The number of fused-ring (bicyclic) bond motifs is 3. The molecule has 184 valence electrons. The van der Waals surface area contributed by atoms with E-state index in [4.69, 9.17) is 4.74 Å². The summed E-state index contributed by atoms with van der Waals surface area (Å²) in [7, 11) is 1.20.